The minimum atomic E-state index is 0.309. The third kappa shape index (κ3) is 2.93. The molecule has 0 fully saturated rings. The Morgan fingerprint density at radius 1 is 1.32 bits per heavy atom. The van der Waals surface area contributed by atoms with E-state index in [4.69, 9.17) is 10.3 Å². The van der Waals surface area contributed by atoms with Crippen LogP contribution in [0.4, 0.5) is 0 Å². The zero-order valence-corrected chi connectivity index (χ0v) is 11.5. The van der Waals surface area contributed by atoms with Crippen molar-refractivity contribution in [2.24, 2.45) is 11.7 Å². The zero-order valence-electron chi connectivity index (χ0n) is 11.5. The molecule has 19 heavy (non-hydrogen) atoms. The van der Waals surface area contributed by atoms with Crippen LogP contribution in [-0.2, 0) is 6.42 Å². The van der Waals surface area contributed by atoms with Crippen LogP contribution >= 0.6 is 0 Å². The quantitative estimate of drug-likeness (QED) is 0.881. The van der Waals surface area contributed by atoms with Gasteiger partial charge >= 0.3 is 0 Å². The zero-order chi connectivity index (χ0) is 14.0. The van der Waals surface area contributed by atoms with Gasteiger partial charge in [-0.3, -0.25) is 0 Å². The third-order valence-corrected chi connectivity index (χ3v) is 3.14. The summed E-state index contributed by atoms with van der Waals surface area (Å²) in [5, 5.41) is 13.7. The first-order valence-corrected chi connectivity index (χ1v) is 6.34. The molecule has 0 saturated heterocycles. The lowest BCUT2D eigenvalue weighted by molar-refractivity contribution is 0.359. The van der Waals surface area contributed by atoms with Gasteiger partial charge in [0.2, 0.25) is 11.7 Å². The monoisotopic (exact) mass is 261 g/mol. The fourth-order valence-corrected chi connectivity index (χ4v) is 1.92. The Balaban J connectivity index is 2.28. The van der Waals surface area contributed by atoms with Crippen molar-refractivity contribution >= 4 is 0 Å². The lowest BCUT2D eigenvalue weighted by Crippen LogP contribution is -2.13. The number of rotatable bonds is 4. The molecule has 1 unspecified atom stereocenters. The first-order valence-electron chi connectivity index (χ1n) is 6.34. The molecular formula is C14H19N3O2. The van der Waals surface area contributed by atoms with Gasteiger partial charge in [-0.2, -0.15) is 4.98 Å². The van der Waals surface area contributed by atoms with Crippen LogP contribution in [0.1, 0.15) is 23.9 Å². The Labute approximate surface area is 112 Å². The number of nitrogens with zero attached hydrogens (tertiary/aromatic N) is 2. The second-order valence-corrected chi connectivity index (χ2v) is 5.02. The molecule has 5 heteroatoms. The molecule has 1 aromatic carbocycles. The van der Waals surface area contributed by atoms with Gasteiger partial charge in [0.15, 0.2) is 0 Å². The van der Waals surface area contributed by atoms with E-state index in [1.807, 2.05) is 32.9 Å². The molecule has 2 aromatic rings. The minimum absolute atomic E-state index is 0.309. The number of nitrogens with two attached hydrogens (primary N) is 1. The number of phenolic OH excluding ortho intramolecular Hbond substituents is 1. The molecule has 0 radical (unpaired) electrons. The molecule has 1 heterocycles. The summed E-state index contributed by atoms with van der Waals surface area (Å²) < 4.78 is 5.22. The summed E-state index contributed by atoms with van der Waals surface area (Å²) in [6.07, 6.45) is 0.680. The summed E-state index contributed by atoms with van der Waals surface area (Å²) >= 11 is 0. The van der Waals surface area contributed by atoms with Crippen molar-refractivity contribution in [1.82, 2.24) is 10.1 Å². The predicted molar refractivity (Wildman–Crippen MR) is 72.8 cm³/mol. The lowest BCUT2D eigenvalue weighted by atomic mass is 10.1. The highest BCUT2D eigenvalue weighted by Crippen LogP contribution is 2.27. The maximum absolute atomic E-state index is 9.76. The minimum Gasteiger partial charge on any atom is -0.507 e. The molecule has 1 aromatic heterocycles. The first kappa shape index (κ1) is 13.5. The largest absolute Gasteiger partial charge is 0.507 e. The fraction of sp³-hybridized carbons (Fsp3) is 0.429. The van der Waals surface area contributed by atoms with Crippen molar-refractivity contribution in [2.75, 3.05) is 6.54 Å². The number of hydrogen-bond acceptors (Lipinski definition) is 5. The number of aromatic hydroxyl groups is 1. The predicted octanol–water partition coefficient (Wildman–Crippen LogP) is 2.20. The molecule has 0 saturated carbocycles. The standard InChI is InChI=1S/C14H19N3O2/c1-8(7-15)4-12-16-14(17-19-12)11-5-9(2)13(18)10(3)6-11/h5-6,8,18H,4,7,15H2,1-3H3. The van der Waals surface area contributed by atoms with E-state index >= 15 is 0 Å². The fourth-order valence-electron chi connectivity index (χ4n) is 1.92. The van der Waals surface area contributed by atoms with Gasteiger partial charge in [-0.25, -0.2) is 0 Å². The van der Waals surface area contributed by atoms with E-state index in [0.29, 0.717) is 36.3 Å². The topological polar surface area (TPSA) is 85.2 Å². The molecule has 0 bridgehead atoms. The third-order valence-electron chi connectivity index (χ3n) is 3.14. The van der Waals surface area contributed by atoms with Crippen molar-refractivity contribution in [3.8, 4) is 17.1 Å². The van der Waals surface area contributed by atoms with Crippen molar-refractivity contribution in [3.05, 3.63) is 29.2 Å². The summed E-state index contributed by atoms with van der Waals surface area (Å²) in [5.74, 6) is 1.77. The molecule has 3 N–H and O–H groups in total. The van der Waals surface area contributed by atoms with Gasteiger partial charge in [0.1, 0.15) is 5.75 Å². The van der Waals surface area contributed by atoms with Gasteiger partial charge in [-0.05, 0) is 49.6 Å². The number of benzene rings is 1. The van der Waals surface area contributed by atoms with Crippen LogP contribution in [0.15, 0.2) is 16.7 Å². The Morgan fingerprint density at radius 3 is 2.53 bits per heavy atom. The van der Waals surface area contributed by atoms with Crippen molar-refractivity contribution in [3.63, 3.8) is 0 Å². The van der Waals surface area contributed by atoms with Crippen LogP contribution in [0, 0.1) is 19.8 Å². The van der Waals surface area contributed by atoms with E-state index in [2.05, 4.69) is 10.1 Å². The first-order chi connectivity index (χ1) is 9.01. The van der Waals surface area contributed by atoms with Crippen molar-refractivity contribution < 1.29 is 9.63 Å². The molecule has 0 aliphatic heterocycles. The molecule has 0 amide bonds. The van der Waals surface area contributed by atoms with Crippen LogP contribution in [0.2, 0.25) is 0 Å². The molecule has 102 valence electrons. The molecule has 0 spiro atoms. The second kappa shape index (κ2) is 5.40. The second-order valence-electron chi connectivity index (χ2n) is 5.02. The summed E-state index contributed by atoms with van der Waals surface area (Å²) in [5.41, 5.74) is 8.03. The van der Waals surface area contributed by atoms with Crippen LogP contribution in [0.25, 0.3) is 11.4 Å². The maximum Gasteiger partial charge on any atom is 0.227 e. The van der Waals surface area contributed by atoms with E-state index in [1.165, 1.54) is 0 Å². The molecule has 0 aliphatic rings. The van der Waals surface area contributed by atoms with Crippen molar-refractivity contribution in [2.45, 2.75) is 27.2 Å². The smallest absolute Gasteiger partial charge is 0.227 e. The summed E-state index contributed by atoms with van der Waals surface area (Å²) in [6, 6.07) is 3.70. The van der Waals surface area contributed by atoms with Crippen LogP contribution in [0.3, 0.4) is 0 Å². The Hall–Kier alpha value is -1.88. The van der Waals surface area contributed by atoms with E-state index in [1.54, 1.807) is 0 Å². The Bertz CT molecular complexity index is 555. The molecule has 5 nitrogen and oxygen atoms in total. The Morgan fingerprint density at radius 2 is 1.95 bits per heavy atom. The highest BCUT2D eigenvalue weighted by atomic mass is 16.5. The number of aryl methyl sites for hydroxylation is 2. The van der Waals surface area contributed by atoms with E-state index < -0.39 is 0 Å². The lowest BCUT2D eigenvalue weighted by Gasteiger charge is -2.04. The molecule has 1 atom stereocenters. The van der Waals surface area contributed by atoms with Crippen LogP contribution in [-0.4, -0.2) is 21.8 Å². The normalized spacial score (nSPS) is 12.6. The molecular weight excluding hydrogens is 242 g/mol. The van der Waals surface area contributed by atoms with Gasteiger partial charge in [0, 0.05) is 12.0 Å². The summed E-state index contributed by atoms with van der Waals surface area (Å²) in [7, 11) is 0. The molecule has 0 aliphatic carbocycles. The number of aromatic nitrogens is 2. The van der Waals surface area contributed by atoms with Crippen LogP contribution < -0.4 is 5.73 Å². The van der Waals surface area contributed by atoms with Gasteiger partial charge in [-0.1, -0.05) is 12.1 Å². The van der Waals surface area contributed by atoms with Gasteiger partial charge in [-0.15, -0.1) is 0 Å². The van der Waals surface area contributed by atoms with Crippen molar-refractivity contribution in [1.29, 1.82) is 0 Å². The van der Waals surface area contributed by atoms with Gasteiger partial charge in [0.05, 0.1) is 0 Å². The SMILES string of the molecule is Cc1cc(-c2noc(CC(C)CN)n2)cc(C)c1O. The van der Waals surface area contributed by atoms with Crippen LogP contribution in [0.5, 0.6) is 5.75 Å². The van der Waals surface area contributed by atoms with Gasteiger partial charge < -0.3 is 15.4 Å². The maximum atomic E-state index is 9.76. The summed E-state index contributed by atoms with van der Waals surface area (Å²) in [6.45, 7) is 6.33. The number of phenols is 1. The van der Waals surface area contributed by atoms with E-state index in [0.717, 1.165) is 16.7 Å². The highest BCUT2D eigenvalue weighted by molar-refractivity contribution is 5.60. The average Bonchev–Trinajstić information content (AvgIpc) is 2.83. The Kier molecular flexibility index (Phi) is 3.85. The van der Waals surface area contributed by atoms with E-state index in [9.17, 15) is 5.11 Å². The average molecular weight is 261 g/mol. The highest BCUT2D eigenvalue weighted by Gasteiger charge is 2.13. The van der Waals surface area contributed by atoms with E-state index in [-0.39, 0.29) is 0 Å². The molecule has 2 rings (SSSR count). The van der Waals surface area contributed by atoms with Gasteiger partial charge in [0.25, 0.3) is 0 Å². The summed E-state index contributed by atoms with van der Waals surface area (Å²) in [4.78, 5) is 4.37. The number of hydrogen-bond donors (Lipinski definition) is 2.